The maximum Gasteiger partial charge on any atom is 0.161 e. The number of halogens is 2. The maximum absolute atomic E-state index is 13.6. The van der Waals surface area contributed by atoms with Gasteiger partial charge in [-0.25, -0.2) is 18.7 Å². The van der Waals surface area contributed by atoms with E-state index < -0.39 is 11.6 Å². The molecule has 1 saturated heterocycles. The van der Waals surface area contributed by atoms with E-state index in [0.717, 1.165) is 65.3 Å². The molecule has 0 aliphatic carbocycles. The first kappa shape index (κ1) is 22.4. The van der Waals surface area contributed by atoms with E-state index in [2.05, 4.69) is 54.5 Å². The Balaban J connectivity index is 1.29. The molecule has 3 aromatic carbocycles. The van der Waals surface area contributed by atoms with Crippen molar-refractivity contribution in [2.75, 3.05) is 43.4 Å². The quantitative estimate of drug-likeness (QED) is 0.370. The Labute approximate surface area is 206 Å². The Morgan fingerprint density at radius 3 is 2.44 bits per heavy atom. The molecule has 6 rings (SSSR count). The van der Waals surface area contributed by atoms with E-state index in [-0.39, 0.29) is 0 Å². The molecule has 3 heterocycles. The lowest BCUT2D eigenvalue weighted by molar-refractivity contribution is 0.313. The van der Waals surface area contributed by atoms with Crippen molar-refractivity contribution < 1.29 is 8.78 Å². The zero-order valence-corrected chi connectivity index (χ0v) is 19.8. The minimum absolute atomic E-state index is 0.404. The van der Waals surface area contributed by atoms with Crippen LogP contribution in [0.15, 0.2) is 60.9 Å². The fourth-order valence-corrected chi connectivity index (χ4v) is 4.73. The summed E-state index contributed by atoms with van der Waals surface area (Å²) in [5.74, 6) is 0.127. The Morgan fingerprint density at radius 2 is 1.64 bits per heavy atom. The lowest BCUT2D eigenvalue weighted by Gasteiger charge is -2.34. The molecule has 1 fully saturated rings. The van der Waals surface area contributed by atoms with E-state index in [1.165, 1.54) is 12.1 Å². The SMILES string of the molecule is CN1CCN(c2ccc3c(Nc4n[nH]c5ccc(Cc6cc(F)cc(F)c6)cc45)ncnc3c2)CC1. The van der Waals surface area contributed by atoms with Gasteiger partial charge in [-0.1, -0.05) is 6.07 Å². The topological polar surface area (TPSA) is 73.0 Å². The van der Waals surface area contributed by atoms with Gasteiger partial charge in [0.1, 0.15) is 23.8 Å². The molecule has 2 N–H and O–H groups in total. The van der Waals surface area contributed by atoms with E-state index in [9.17, 15) is 8.78 Å². The number of aromatic nitrogens is 4. The van der Waals surface area contributed by atoms with Crippen molar-refractivity contribution in [2.45, 2.75) is 6.42 Å². The summed E-state index contributed by atoms with van der Waals surface area (Å²) >= 11 is 0. The first-order valence-electron chi connectivity index (χ1n) is 11.9. The number of likely N-dealkylation sites (N-methyl/N-ethyl adjacent to an activating group) is 1. The maximum atomic E-state index is 13.6. The molecule has 0 atom stereocenters. The van der Waals surface area contributed by atoms with E-state index >= 15 is 0 Å². The predicted octanol–water partition coefficient (Wildman–Crippen LogP) is 4.87. The number of nitrogens with zero attached hydrogens (tertiary/aromatic N) is 5. The second kappa shape index (κ2) is 9.16. The second-order valence-electron chi connectivity index (χ2n) is 9.25. The highest BCUT2D eigenvalue weighted by molar-refractivity contribution is 5.97. The lowest BCUT2D eigenvalue weighted by Crippen LogP contribution is -2.44. The minimum atomic E-state index is -0.580. The van der Waals surface area contributed by atoms with Gasteiger partial charge in [-0.15, -0.1) is 0 Å². The first-order chi connectivity index (χ1) is 17.5. The number of H-pyrrole nitrogens is 1. The number of anilines is 3. The number of fused-ring (bicyclic) bond motifs is 2. The molecule has 0 bridgehead atoms. The van der Waals surface area contributed by atoms with Crippen LogP contribution in [0.1, 0.15) is 11.1 Å². The molecule has 36 heavy (non-hydrogen) atoms. The van der Waals surface area contributed by atoms with Crippen LogP contribution in [0, 0.1) is 11.6 Å². The normalized spacial score (nSPS) is 14.6. The smallest absolute Gasteiger partial charge is 0.161 e. The van der Waals surface area contributed by atoms with Crippen LogP contribution in [0.4, 0.5) is 26.1 Å². The van der Waals surface area contributed by atoms with Crippen molar-refractivity contribution in [3.8, 4) is 0 Å². The van der Waals surface area contributed by atoms with Crippen LogP contribution in [0.2, 0.25) is 0 Å². The Kier molecular flexibility index (Phi) is 5.69. The van der Waals surface area contributed by atoms with Crippen LogP contribution in [-0.4, -0.2) is 58.3 Å². The molecule has 0 spiro atoms. The van der Waals surface area contributed by atoms with Gasteiger partial charge in [0.05, 0.1) is 11.0 Å². The van der Waals surface area contributed by atoms with Gasteiger partial charge in [0, 0.05) is 48.7 Å². The van der Waals surface area contributed by atoms with Gasteiger partial charge in [0.2, 0.25) is 0 Å². The molecule has 9 heteroatoms. The third-order valence-corrected chi connectivity index (χ3v) is 6.68. The average molecular weight is 486 g/mol. The number of hydrogen-bond acceptors (Lipinski definition) is 6. The zero-order chi connectivity index (χ0) is 24.6. The van der Waals surface area contributed by atoms with Crippen molar-refractivity contribution in [3.05, 3.63) is 83.7 Å². The van der Waals surface area contributed by atoms with E-state index in [1.54, 1.807) is 6.33 Å². The molecular formula is C27H25F2N7. The van der Waals surface area contributed by atoms with Crippen LogP contribution in [-0.2, 0) is 6.42 Å². The Hall–Kier alpha value is -4.11. The molecule has 2 aromatic heterocycles. The van der Waals surface area contributed by atoms with Gasteiger partial charge in [-0.2, -0.15) is 5.10 Å². The Morgan fingerprint density at radius 1 is 0.833 bits per heavy atom. The van der Waals surface area contributed by atoms with Crippen LogP contribution in [0.25, 0.3) is 21.8 Å². The molecule has 182 valence electrons. The number of hydrogen-bond donors (Lipinski definition) is 2. The molecule has 0 radical (unpaired) electrons. The molecule has 0 amide bonds. The number of aromatic amines is 1. The van der Waals surface area contributed by atoms with Gasteiger partial charge in [-0.05, 0) is 67.1 Å². The predicted molar refractivity (Wildman–Crippen MR) is 138 cm³/mol. The van der Waals surface area contributed by atoms with Gasteiger partial charge in [0.15, 0.2) is 5.82 Å². The molecule has 0 saturated carbocycles. The monoisotopic (exact) mass is 485 g/mol. The average Bonchev–Trinajstić information content (AvgIpc) is 3.26. The van der Waals surface area contributed by atoms with Crippen molar-refractivity contribution in [3.63, 3.8) is 0 Å². The Bertz CT molecular complexity index is 1540. The van der Waals surface area contributed by atoms with E-state index in [0.29, 0.717) is 23.6 Å². The van der Waals surface area contributed by atoms with Crippen LogP contribution < -0.4 is 10.2 Å². The largest absolute Gasteiger partial charge is 0.369 e. The number of rotatable bonds is 5. The summed E-state index contributed by atoms with van der Waals surface area (Å²) < 4.78 is 27.3. The van der Waals surface area contributed by atoms with Crippen molar-refractivity contribution in [1.29, 1.82) is 0 Å². The molecule has 1 aliphatic heterocycles. The molecule has 0 unspecified atom stereocenters. The van der Waals surface area contributed by atoms with Gasteiger partial charge in [0.25, 0.3) is 0 Å². The highest BCUT2D eigenvalue weighted by Crippen LogP contribution is 2.30. The van der Waals surface area contributed by atoms with E-state index in [4.69, 9.17) is 0 Å². The van der Waals surface area contributed by atoms with Crippen LogP contribution in [0.3, 0.4) is 0 Å². The molecule has 7 nitrogen and oxygen atoms in total. The van der Waals surface area contributed by atoms with Gasteiger partial charge in [-0.3, -0.25) is 5.10 Å². The van der Waals surface area contributed by atoms with Crippen LogP contribution in [0.5, 0.6) is 0 Å². The van der Waals surface area contributed by atoms with Crippen molar-refractivity contribution in [2.24, 2.45) is 0 Å². The summed E-state index contributed by atoms with van der Waals surface area (Å²) in [7, 11) is 2.14. The third kappa shape index (κ3) is 4.45. The minimum Gasteiger partial charge on any atom is -0.369 e. The standard InChI is InChI=1S/C27H25F2N7/c1-35-6-8-36(9-7-35)21-3-4-22-25(15-21)30-16-31-26(22)32-27-23-13-17(2-5-24(23)33-34-27)10-18-11-19(28)14-20(29)12-18/h2-5,11-16H,6-10H2,1H3,(H2,30,31,32,33,34). The lowest BCUT2D eigenvalue weighted by atomic mass is 10.0. The van der Waals surface area contributed by atoms with Crippen molar-refractivity contribution in [1.82, 2.24) is 25.1 Å². The molecule has 1 aliphatic rings. The van der Waals surface area contributed by atoms with Gasteiger partial charge >= 0.3 is 0 Å². The number of piperazine rings is 1. The van der Waals surface area contributed by atoms with Crippen molar-refractivity contribution >= 4 is 39.1 Å². The fourth-order valence-electron chi connectivity index (χ4n) is 4.73. The highest BCUT2D eigenvalue weighted by Gasteiger charge is 2.16. The number of nitrogens with one attached hydrogen (secondary N) is 2. The summed E-state index contributed by atoms with van der Waals surface area (Å²) in [5.41, 5.74) is 4.35. The fraction of sp³-hybridized carbons (Fsp3) is 0.222. The third-order valence-electron chi connectivity index (χ3n) is 6.68. The summed E-state index contributed by atoms with van der Waals surface area (Å²) in [4.78, 5) is 13.7. The molecule has 5 aromatic rings. The highest BCUT2D eigenvalue weighted by atomic mass is 19.1. The first-order valence-corrected chi connectivity index (χ1v) is 11.9. The molecular weight excluding hydrogens is 460 g/mol. The second-order valence-corrected chi connectivity index (χ2v) is 9.25. The summed E-state index contributed by atoms with van der Waals surface area (Å²) in [6.45, 7) is 4.05. The number of benzene rings is 3. The van der Waals surface area contributed by atoms with E-state index in [1.807, 2.05) is 24.3 Å². The summed E-state index contributed by atoms with van der Waals surface area (Å²) in [6.07, 6.45) is 1.96. The summed E-state index contributed by atoms with van der Waals surface area (Å²) in [5, 5.41) is 12.6. The van der Waals surface area contributed by atoms with Gasteiger partial charge < -0.3 is 15.1 Å². The van der Waals surface area contributed by atoms with Crippen LogP contribution >= 0.6 is 0 Å². The zero-order valence-electron chi connectivity index (χ0n) is 19.8. The summed E-state index contributed by atoms with van der Waals surface area (Å²) in [6, 6.07) is 15.7.